The van der Waals surface area contributed by atoms with E-state index in [4.69, 9.17) is 4.42 Å². The third kappa shape index (κ3) is 2.54. The molecule has 2 rings (SSSR count). The van der Waals surface area contributed by atoms with Crippen molar-refractivity contribution in [1.82, 2.24) is 9.78 Å². The van der Waals surface area contributed by atoms with Gasteiger partial charge in [-0.05, 0) is 26.0 Å². The zero-order valence-corrected chi connectivity index (χ0v) is 11.4. The summed E-state index contributed by atoms with van der Waals surface area (Å²) >= 11 is 0. The Bertz CT molecular complexity index is 753. The summed E-state index contributed by atoms with van der Waals surface area (Å²) in [4.78, 5) is 23.5. The van der Waals surface area contributed by atoms with Gasteiger partial charge in [0.2, 0.25) is 0 Å². The standard InChI is InChI=1S/C14H14N2O4/c1-8-6-12(18)13(14(19)20-8)11(17)5-4-10-7-15-16(3)9(10)2/h4-7,18H,1-3H3. The second kappa shape index (κ2) is 5.16. The first-order chi connectivity index (χ1) is 9.40. The Morgan fingerprint density at radius 1 is 1.45 bits per heavy atom. The number of aromatic hydroxyl groups is 1. The lowest BCUT2D eigenvalue weighted by Crippen LogP contribution is -2.12. The Morgan fingerprint density at radius 3 is 2.70 bits per heavy atom. The topological polar surface area (TPSA) is 85.3 Å². The van der Waals surface area contributed by atoms with E-state index in [1.807, 2.05) is 6.92 Å². The van der Waals surface area contributed by atoms with Crippen LogP contribution in [0.15, 0.2) is 27.6 Å². The molecule has 0 aliphatic rings. The highest BCUT2D eigenvalue weighted by Gasteiger charge is 2.16. The van der Waals surface area contributed by atoms with Gasteiger partial charge in [-0.1, -0.05) is 0 Å². The van der Waals surface area contributed by atoms with Crippen LogP contribution in [0, 0.1) is 13.8 Å². The Balaban J connectivity index is 2.34. The molecule has 1 N–H and O–H groups in total. The summed E-state index contributed by atoms with van der Waals surface area (Å²) < 4.78 is 6.47. The van der Waals surface area contributed by atoms with Gasteiger partial charge >= 0.3 is 5.63 Å². The van der Waals surface area contributed by atoms with E-state index < -0.39 is 11.4 Å². The van der Waals surface area contributed by atoms with Crippen LogP contribution < -0.4 is 5.63 Å². The molecule has 0 aromatic carbocycles. The van der Waals surface area contributed by atoms with Crippen molar-refractivity contribution in [3.8, 4) is 5.75 Å². The summed E-state index contributed by atoms with van der Waals surface area (Å²) in [5.41, 5.74) is 0.430. The van der Waals surface area contributed by atoms with Crippen LogP contribution in [0.4, 0.5) is 0 Å². The molecule has 20 heavy (non-hydrogen) atoms. The molecule has 2 heterocycles. The maximum absolute atomic E-state index is 12.0. The summed E-state index contributed by atoms with van der Waals surface area (Å²) in [5, 5.41) is 13.7. The number of aromatic nitrogens is 2. The van der Waals surface area contributed by atoms with Crippen LogP contribution in [-0.4, -0.2) is 20.7 Å². The molecule has 2 aromatic rings. The molecule has 104 valence electrons. The van der Waals surface area contributed by atoms with Crippen LogP contribution in [0.25, 0.3) is 6.08 Å². The van der Waals surface area contributed by atoms with E-state index in [2.05, 4.69) is 5.10 Å². The van der Waals surface area contributed by atoms with E-state index in [1.54, 1.807) is 24.0 Å². The number of hydrogen-bond acceptors (Lipinski definition) is 5. The smallest absolute Gasteiger partial charge is 0.351 e. The predicted octanol–water partition coefficient (Wildman–Crippen LogP) is 1.59. The molecule has 6 nitrogen and oxygen atoms in total. The van der Waals surface area contributed by atoms with Crippen LogP contribution in [-0.2, 0) is 7.05 Å². The fraction of sp³-hybridized carbons (Fsp3) is 0.214. The van der Waals surface area contributed by atoms with Crippen molar-refractivity contribution in [2.75, 3.05) is 0 Å². The summed E-state index contributed by atoms with van der Waals surface area (Å²) in [6.07, 6.45) is 4.37. The lowest BCUT2D eigenvalue weighted by molar-refractivity contribution is 0.104. The van der Waals surface area contributed by atoms with Crippen LogP contribution in [0.3, 0.4) is 0 Å². The van der Waals surface area contributed by atoms with Gasteiger partial charge in [0.1, 0.15) is 17.1 Å². The van der Waals surface area contributed by atoms with Crippen LogP contribution in [0.5, 0.6) is 5.75 Å². The van der Waals surface area contributed by atoms with Gasteiger partial charge in [0.25, 0.3) is 0 Å². The number of rotatable bonds is 3. The Morgan fingerprint density at radius 2 is 2.15 bits per heavy atom. The fourth-order valence-corrected chi connectivity index (χ4v) is 1.75. The van der Waals surface area contributed by atoms with Crippen molar-refractivity contribution in [1.29, 1.82) is 0 Å². The number of carbonyl (C=O) groups excluding carboxylic acids is 1. The molecule has 0 saturated heterocycles. The quantitative estimate of drug-likeness (QED) is 0.678. The van der Waals surface area contributed by atoms with Crippen molar-refractivity contribution < 1.29 is 14.3 Å². The molecular formula is C14H14N2O4. The number of nitrogens with zero attached hydrogens (tertiary/aromatic N) is 2. The number of ketones is 1. The van der Waals surface area contributed by atoms with Crippen LogP contribution in [0.1, 0.15) is 27.4 Å². The van der Waals surface area contributed by atoms with Crippen molar-refractivity contribution in [2.45, 2.75) is 13.8 Å². The predicted molar refractivity (Wildman–Crippen MR) is 72.7 cm³/mol. The zero-order chi connectivity index (χ0) is 14.9. The molecule has 6 heteroatoms. The first kappa shape index (κ1) is 13.8. The second-order valence-corrected chi connectivity index (χ2v) is 4.41. The first-order valence-corrected chi connectivity index (χ1v) is 5.95. The minimum atomic E-state index is -0.847. The second-order valence-electron chi connectivity index (χ2n) is 4.41. The van der Waals surface area contributed by atoms with E-state index in [9.17, 15) is 14.7 Å². The van der Waals surface area contributed by atoms with Gasteiger partial charge in [-0.2, -0.15) is 5.10 Å². The minimum absolute atomic E-state index is 0.246. The molecule has 0 atom stereocenters. The molecule has 0 spiro atoms. The van der Waals surface area contributed by atoms with Gasteiger partial charge < -0.3 is 9.52 Å². The average Bonchev–Trinajstić information content (AvgIpc) is 2.66. The van der Waals surface area contributed by atoms with Gasteiger partial charge in [0.05, 0.1) is 6.20 Å². The van der Waals surface area contributed by atoms with E-state index in [1.165, 1.54) is 19.1 Å². The largest absolute Gasteiger partial charge is 0.507 e. The van der Waals surface area contributed by atoms with Crippen LogP contribution >= 0.6 is 0 Å². The number of allylic oxidation sites excluding steroid dienone is 1. The molecule has 2 aromatic heterocycles. The number of aryl methyl sites for hydroxylation is 2. The molecule has 0 saturated carbocycles. The third-order valence-electron chi connectivity index (χ3n) is 2.99. The highest BCUT2D eigenvalue weighted by Crippen LogP contribution is 2.16. The lowest BCUT2D eigenvalue weighted by atomic mass is 10.1. The minimum Gasteiger partial charge on any atom is -0.507 e. The molecule has 0 bridgehead atoms. The first-order valence-electron chi connectivity index (χ1n) is 5.95. The normalized spacial score (nSPS) is 11.2. The maximum Gasteiger partial charge on any atom is 0.351 e. The summed E-state index contributed by atoms with van der Waals surface area (Å²) in [5.74, 6) is -0.744. The Kier molecular flexibility index (Phi) is 3.56. The van der Waals surface area contributed by atoms with Gasteiger partial charge in [-0.15, -0.1) is 0 Å². The van der Waals surface area contributed by atoms with Crippen molar-refractivity contribution in [3.63, 3.8) is 0 Å². The molecule has 0 radical (unpaired) electrons. The number of hydrogen-bond donors (Lipinski definition) is 1. The van der Waals surface area contributed by atoms with Gasteiger partial charge in [0, 0.05) is 24.4 Å². The summed E-state index contributed by atoms with van der Waals surface area (Å²) in [6, 6.07) is 1.23. The van der Waals surface area contributed by atoms with E-state index in [-0.39, 0.29) is 17.1 Å². The van der Waals surface area contributed by atoms with Crippen molar-refractivity contribution in [2.24, 2.45) is 7.05 Å². The van der Waals surface area contributed by atoms with Gasteiger partial charge in [-0.3, -0.25) is 9.48 Å². The Labute approximate surface area is 115 Å². The Hall–Kier alpha value is -2.63. The molecule has 0 fully saturated rings. The van der Waals surface area contributed by atoms with E-state index >= 15 is 0 Å². The molecule has 0 aliphatic carbocycles. The van der Waals surface area contributed by atoms with Crippen LogP contribution in [0.2, 0.25) is 0 Å². The highest BCUT2D eigenvalue weighted by atomic mass is 16.4. The van der Waals surface area contributed by atoms with E-state index in [0.717, 1.165) is 11.3 Å². The maximum atomic E-state index is 12.0. The van der Waals surface area contributed by atoms with Gasteiger partial charge in [-0.25, -0.2) is 4.79 Å². The molecule has 0 unspecified atom stereocenters. The SMILES string of the molecule is Cc1cc(O)c(C(=O)C=Cc2cnn(C)c2C)c(=O)o1. The lowest BCUT2D eigenvalue weighted by Gasteiger charge is -1.99. The highest BCUT2D eigenvalue weighted by molar-refractivity contribution is 6.08. The fourth-order valence-electron chi connectivity index (χ4n) is 1.75. The summed E-state index contributed by atoms with van der Waals surface area (Å²) in [7, 11) is 1.79. The van der Waals surface area contributed by atoms with Crippen molar-refractivity contribution in [3.05, 3.63) is 51.3 Å². The van der Waals surface area contributed by atoms with E-state index in [0.29, 0.717) is 0 Å². The molecular weight excluding hydrogens is 260 g/mol. The molecule has 0 aliphatic heterocycles. The monoisotopic (exact) mass is 274 g/mol. The number of carbonyl (C=O) groups is 1. The zero-order valence-electron chi connectivity index (χ0n) is 11.4. The average molecular weight is 274 g/mol. The summed E-state index contributed by atoms with van der Waals surface area (Å²) in [6.45, 7) is 3.37. The third-order valence-corrected chi connectivity index (χ3v) is 2.99. The molecule has 0 amide bonds. The van der Waals surface area contributed by atoms with Crippen molar-refractivity contribution >= 4 is 11.9 Å². The van der Waals surface area contributed by atoms with Gasteiger partial charge in [0.15, 0.2) is 5.78 Å².